The van der Waals surface area contributed by atoms with Gasteiger partial charge in [0.15, 0.2) is 5.52 Å². The molecule has 2 aromatic heterocycles. The molecule has 1 aromatic carbocycles. The van der Waals surface area contributed by atoms with Gasteiger partial charge in [0.25, 0.3) is 5.56 Å². The number of fused-ring (bicyclic) bond motifs is 2. The van der Waals surface area contributed by atoms with Crippen LogP contribution >= 0.6 is 11.6 Å². The van der Waals surface area contributed by atoms with Crippen LogP contribution in [0, 0.1) is 17.7 Å². The highest BCUT2D eigenvalue weighted by Gasteiger charge is 2.60. The summed E-state index contributed by atoms with van der Waals surface area (Å²) in [6, 6.07) is 6.49. The number of rotatable bonds is 3. The van der Waals surface area contributed by atoms with E-state index in [0.717, 1.165) is 0 Å². The molecule has 1 saturated heterocycles. The summed E-state index contributed by atoms with van der Waals surface area (Å²) >= 11 is 6.37. The number of aromatic nitrogens is 4. The van der Waals surface area contributed by atoms with Crippen molar-refractivity contribution in [2.45, 2.75) is 25.6 Å². The van der Waals surface area contributed by atoms with Crippen LogP contribution in [0.3, 0.4) is 0 Å². The number of halogens is 2. The van der Waals surface area contributed by atoms with Gasteiger partial charge in [-0.15, -0.1) is 0 Å². The summed E-state index contributed by atoms with van der Waals surface area (Å²) in [7, 11) is 0. The van der Waals surface area contributed by atoms with Crippen molar-refractivity contribution >= 4 is 22.5 Å². The molecule has 1 saturated carbocycles. The van der Waals surface area contributed by atoms with Gasteiger partial charge in [0.2, 0.25) is 0 Å². The molecule has 2 aliphatic rings. The third kappa shape index (κ3) is 2.23. The standard InChI is InChI=1S/C18H16ClFN4O2/c1-9-14-12(8-26-9)16(14)24-18(25)15-11(6-21-24)17(19)23(22-15)7-10-4-2-3-5-13(10)20/h2-6,9,12,14,16H,7-8H2,1H3/t9-,12-,14+,16+/m0/s1. The first kappa shape index (κ1) is 16.0. The molecule has 1 aliphatic carbocycles. The first-order valence-electron chi connectivity index (χ1n) is 8.55. The molecule has 0 amide bonds. The Balaban J connectivity index is 1.55. The van der Waals surface area contributed by atoms with Crippen molar-refractivity contribution in [2.24, 2.45) is 11.8 Å². The Labute approximate surface area is 153 Å². The van der Waals surface area contributed by atoms with Crippen LogP contribution in [0.1, 0.15) is 18.5 Å². The van der Waals surface area contributed by atoms with Gasteiger partial charge < -0.3 is 4.74 Å². The van der Waals surface area contributed by atoms with Crippen molar-refractivity contribution in [3.8, 4) is 0 Å². The summed E-state index contributed by atoms with van der Waals surface area (Å²) in [5.41, 5.74) is 0.460. The van der Waals surface area contributed by atoms with Gasteiger partial charge in [-0.2, -0.15) is 10.2 Å². The minimum atomic E-state index is -0.335. The van der Waals surface area contributed by atoms with Crippen LogP contribution in [0.5, 0.6) is 0 Å². The van der Waals surface area contributed by atoms with Gasteiger partial charge in [-0.1, -0.05) is 29.8 Å². The monoisotopic (exact) mass is 374 g/mol. The van der Waals surface area contributed by atoms with Gasteiger partial charge in [0.05, 0.1) is 36.9 Å². The van der Waals surface area contributed by atoms with Crippen LogP contribution in [0.25, 0.3) is 10.9 Å². The highest BCUT2D eigenvalue weighted by atomic mass is 35.5. The molecule has 26 heavy (non-hydrogen) atoms. The summed E-state index contributed by atoms with van der Waals surface area (Å²) in [5, 5.41) is 9.44. The van der Waals surface area contributed by atoms with Crippen LogP contribution < -0.4 is 5.56 Å². The molecule has 3 aromatic rings. The van der Waals surface area contributed by atoms with Crippen LogP contribution in [-0.2, 0) is 11.3 Å². The summed E-state index contributed by atoms with van der Waals surface area (Å²) in [6.45, 7) is 2.83. The van der Waals surface area contributed by atoms with Gasteiger partial charge in [0, 0.05) is 17.4 Å². The second kappa shape index (κ2) is 5.62. The molecule has 0 spiro atoms. The number of ether oxygens (including phenoxy) is 1. The molecule has 5 rings (SSSR count). The van der Waals surface area contributed by atoms with Gasteiger partial charge in [-0.25, -0.2) is 13.8 Å². The Morgan fingerprint density at radius 2 is 2.19 bits per heavy atom. The van der Waals surface area contributed by atoms with Crippen molar-refractivity contribution in [3.05, 3.63) is 57.3 Å². The van der Waals surface area contributed by atoms with Gasteiger partial charge in [-0.05, 0) is 13.0 Å². The third-order valence-electron chi connectivity index (χ3n) is 5.49. The average Bonchev–Trinajstić information content (AvgIpc) is 3.09. The van der Waals surface area contributed by atoms with E-state index in [1.807, 2.05) is 6.92 Å². The van der Waals surface area contributed by atoms with Gasteiger partial charge in [0.1, 0.15) is 11.0 Å². The summed E-state index contributed by atoms with van der Waals surface area (Å²) in [4.78, 5) is 12.9. The van der Waals surface area contributed by atoms with E-state index in [-0.39, 0.29) is 40.7 Å². The van der Waals surface area contributed by atoms with Gasteiger partial charge >= 0.3 is 0 Å². The fourth-order valence-electron chi connectivity index (χ4n) is 4.05. The lowest BCUT2D eigenvalue weighted by Gasteiger charge is -2.10. The Kier molecular flexibility index (Phi) is 3.45. The lowest BCUT2D eigenvalue weighted by atomic mass is 10.2. The number of benzene rings is 1. The molecule has 6 nitrogen and oxygen atoms in total. The smallest absolute Gasteiger partial charge is 0.295 e. The Hall–Kier alpha value is -2.25. The maximum Gasteiger partial charge on any atom is 0.295 e. The van der Waals surface area contributed by atoms with E-state index in [2.05, 4.69) is 10.2 Å². The van der Waals surface area contributed by atoms with Crippen LogP contribution in [0.2, 0.25) is 5.15 Å². The van der Waals surface area contributed by atoms with Crippen molar-refractivity contribution in [3.63, 3.8) is 0 Å². The first-order chi connectivity index (χ1) is 12.6. The molecule has 4 atom stereocenters. The molecule has 0 radical (unpaired) electrons. The van der Waals surface area contributed by atoms with Crippen molar-refractivity contribution in [1.82, 2.24) is 19.6 Å². The lowest BCUT2D eigenvalue weighted by Crippen LogP contribution is -2.25. The zero-order chi connectivity index (χ0) is 18.0. The zero-order valence-electron chi connectivity index (χ0n) is 14.0. The average molecular weight is 375 g/mol. The normalized spacial score (nSPS) is 27.0. The van der Waals surface area contributed by atoms with Crippen LogP contribution in [-0.4, -0.2) is 32.3 Å². The van der Waals surface area contributed by atoms with Crippen molar-refractivity contribution in [2.75, 3.05) is 6.61 Å². The maximum atomic E-state index is 13.9. The summed E-state index contributed by atoms with van der Waals surface area (Å²) in [5.74, 6) is 0.329. The van der Waals surface area contributed by atoms with E-state index in [1.54, 1.807) is 24.4 Å². The van der Waals surface area contributed by atoms with E-state index in [9.17, 15) is 9.18 Å². The lowest BCUT2D eigenvalue weighted by molar-refractivity contribution is 0.0801. The molecular weight excluding hydrogens is 359 g/mol. The zero-order valence-corrected chi connectivity index (χ0v) is 14.7. The van der Waals surface area contributed by atoms with Crippen LogP contribution in [0.4, 0.5) is 4.39 Å². The van der Waals surface area contributed by atoms with Crippen molar-refractivity contribution in [1.29, 1.82) is 0 Å². The second-order valence-electron chi connectivity index (χ2n) is 6.97. The number of hydrogen-bond donors (Lipinski definition) is 0. The Morgan fingerprint density at radius 3 is 2.92 bits per heavy atom. The topological polar surface area (TPSA) is 61.9 Å². The minimum Gasteiger partial charge on any atom is -0.378 e. The molecule has 8 heteroatoms. The van der Waals surface area contributed by atoms with Gasteiger partial charge in [-0.3, -0.25) is 4.79 Å². The number of hydrogen-bond acceptors (Lipinski definition) is 4. The fourth-order valence-corrected chi connectivity index (χ4v) is 4.28. The fraction of sp³-hybridized carbons (Fsp3) is 0.389. The maximum absolute atomic E-state index is 13.9. The van der Waals surface area contributed by atoms with E-state index in [1.165, 1.54) is 15.4 Å². The van der Waals surface area contributed by atoms with Crippen LogP contribution in [0.15, 0.2) is 35.3 Å². The summed E-state index contributed by atoms with van der Waals surface area (Å²) < 4.78 is 22.4. The molecule has 0 unspecified atom stereocenters. The minimum absolute atomic E-state index is 0.0612. The molecule has 0 bridgehead atoms. The first-order valence-corrected chi connectivity index (χ1v) is 8.93. The predicted octanol–water partition coefficient (Wildman–Crippen LogP) is 2.64. The molecule has 3 heterocycles. The Morgan fingerprint density at radius 1 is 1.38 bits per heavy atom. The molecule has 0 N–H and O–H groups in total. The summed E-state index contributed by atoms with van der Waals surface area (Å²) in [6.07, 6.45) is 1.71. The second-order valence-corrected chi connectivity index (χ2v) is 7.32. The molecule has 2 fully saturated rings. The van der Waals surface area contributed by atoms with E-state index in [4.69, 9.17) is 16.3 Å². The molecular formula is C18H16ClFN4O2. The predicted molar refractivity (Wildman–Crippen MR) is 93.7 cm³/mol. The largest absolute Gasteiger partial charge is 0.378 e. The highest BCUT2D eigenvalue weighted by molar-refractivity contribution is 6.34. The SMILES string of the molecule is C[C@@H]1OC[C@H]2[C@@H]1[C@@H]2n1ncc2c(Cl)n(Cc3ccccc3F)nc2c1=O. The van der Waals surface area contributed by atoms with E-state index in [0.29, 0.717) is 29.4 Å². The Bertz CT molecular complexity index is 1080. The molecule has 1 aliphatic heterocycles. The quantitative estimate of drug-likeness (QED) is 0.707. The van der Waals surface area contributed by atoms with Crippen molar-refractivity contribution < 1.29 is 9.13 Å². The number of nitrogens with zero attached hydrogens (tertiary/aromatic N) is 4. The highest BCUT2D eigenvalue weighted by Crippen LogP contribution is 2.56. The van der Waals surface area contributed by atoms with E-state index >= 15 is 0 Å². The third-order valence-corrected chi connectivity index (χ3v) is 5.89. The molecule has 134 valence electrons. The van der Waals surface area contributed by atoms with E-state index < -0.39 is 0 Å².